The molecule has 0 saturated carbocycles. The van der Waals surface area contributed by atoms with Gasteiger partial charge in [-0.3, -0.25) is 5.10 Å². The molecular weight excluding hydrogens is 190 g/mol. The van der Waals surface area contributed by atoms with Gasteiger partial charge in [0, 0.05) is 17.0 Å². The molecule has 5 heteroatoms. The van der Waals surface area contributed by atoms with Crippen molar-refractivity contribution in [2.45, 2.75) is 18.8 Å². The first-order valence-corrected chi connectivity index (χ1v) is 5.31. The number of fused-ring (bicyclic) bond motifs is 1. The van der Waals surface area contributed by atoms with Gasteiger partial charge in [0.15, 0.2) is 0 Å². The van der Waals surface area contributed by atoms with Crippen LogP contribution in [0, 0.1) is 0 Å². The highest BCUT2D eigenvalue weighted by Crippen LogP contribution is 2.28. The van der Waals surface area contributed by atoms with Crippen LogP contribution in [0.1, 0.15) is 24.5 Å². The summed E-state index contributed by atoms with van der Waals surface area (Å²) in [6.07, 6.45) is 4.06. The van der Waals surface area contributed by atoms with Crippen molar-refractivity contribution in [3.8, 4) is 0 Å². The quantitative estimate of drug-likeness (QED) is 0.720. The van der Waals surface area contributed by atoms with Crippen molar-refractivity contribution in [2.24, 2.45) is 0 Å². The number of rotatable bonds is 1. The summed E-state index contributed by atoms with van der Waals surface area (Å²) in [6.45, 7) is 2.17. The smallest absolute Gasteiger partial charge is 0.203 e. The summed E-state index contributed by atoms with van der Waals surface area (Å²) < 4.78 is 0. The molecule has 0 aliphatic carbocycles. The van der Waals surface area contributed by atoms with Crippen LogP contribution in [0.25, 0.3) is 11.0 Å². The Morgan fingerprint density at radius 1 is 1.27 bits per heavy atom. The fraction of sp³-hybridized carbons (Fsp3) is 0.500. The molecule has 0 unspecified atom stereocenters. The van der Waals surface area contributed by atoms with Crippen LogP contribution in [0.15, 0.2) is 12.3 Å². The third-order valence-electron chi connectivity index (χ3n) is 3.02. The zero-order valence-corrected chi connectivity index (χ0v) is 8.40. The first-order chi connectivity index (χ1) is 7.45. The van der Waals surface area contributed by atoms with Crippen LogP contribution < -0.4 is 5.32 Å². The number of nitrogens with one attached hydrogen (secondary N) is 2. The molecule has 1 aliphatic heterocycles. The topological polar surface area (TPSA) is 66.5 Å². The molecule has 1 aliphatic rings. The lowest BCUT2D eigenvalue weighted by Gasteiger charge is -2.21. The van der Waals surface area contributed by atoms with E-state index in [9.17, 15) is 0 Å². The van der Waals surface area contributed by atoms with Gasteiger partial charge in [0.25, 0.3) is 0 Å². The van der Waals surface area contributed by atoms with E-state index in [1.54, 1.807) is 6.20 Å². The lowest BCUT2D eigenvalue weighted by molar-refractivity contribution is 0.454. The molecule has 3 heterocycles. The second-order valence-electron chi connectivity index (χ2n) is 3.93. The van der Waals surface area contributed by atoms with E-state index in [0.717, 1.165) is 24.1 Å². The van der Waals surface area contributed by atoms with Crippen LogP contribution in [0.3, 0.4) is 0 Å². The average Bonchev–Trinajstić information content (AvgIpc) is 2.74. The summed E-state index contributed by atoms with van der Waals surface area (Å²) in [5, 5.41) is 19.6. The maximum atomic E-state index is 4.17. The summed E-state index contributed by atoms with van der Waals surface area (Å²) in [5.41, 5.74) is 1.95. The van der Waals surface area contributed by atoms with E-state index in [1.807, 2.05) is 6.07 Å². The van der Waals surface area contributed by atoms with Gasteiger partial charge in [-0.2, -0.15) is 10.2 Å². The van der Waals surface area contributed by atoms with E-state index < -0.39 is 0 Å². The van der Waals surface area contributed by atoms with Crippen molar-refractivity contribution < 1.29 is 0 Å². The molecule has 0 atom stereocenters. The molecule has 78 valence electrons. The summed E-state index contributed by atoms with van der Waals surface area (Å²) in [5.74, 6) is 0.584. The highest BCUT2D eigenvalue weighted by atomic mass is 15.2. The maximum absolute atomic E-state index is 4.17. The fourth-order valence-corrected chi connectivity index (χ4v) is 2.21. The number of H-pyrrole nitrogens is 1. The Hall–Kier alpha value is -1.49. The number of piperidine rings is 1. The monoisotopic (exact) mass is 203 g/mol. The van der Waals surface area contributed by atoms with E-state index in [1.165, 1.54) is 18.5 Å². The van der Waals surface area contributed by atoms with Crippen molar-refractivity contribution in [3.63, 3.8) is 0 Å². The number of aromatic amines is 1. The third-order valence-corrected chi connectivity index (χ3v) is 3.02. The van der Waals surface area contributed by atoms with Crippen molar-refractivity contribution in [2.75, 3.05) is 13.1 Å². The lowest BCUT2D eigenvalue weighted by atomic mass is 9.93. The number of hydrogen-bond donors (Lipinski definition) is 2. The summed E-state index contributed by atoms with van der Waals surface area (Å²) in [4.78, 5) is 0. The van der Waals surface area contributed by atoms with E-state index in [4.69, 9.17) is 0 Å². The van der Waals surface area contributed by atoms with Gasteiger partial charge in [0.05, 0.1) is 6.20 Å². The van der Waals surface area contributed by atoms with Crippen LogP contribution in [0.5, 0.6) is 0 Å². The normalized spacial score (nSPS) is 18.4. The van der Waals surface area contributed by atoms with Gasteiger partial charge < -0.3 is 5.32 Å². The van der Waals surface area contributed by atoms with Crippen LogP contribution in [0.2, 0.25) is 0 Å². The van der Waals surface area contributed by atoms with E-state index in [-0.39, 0.29) is 0 Å². The number of hydrogen-bond acceptors (Lipinski definition) is 4. The van der Waals surface area contributed by atoms with E-state index >= 15 is 0 Å². The number of nitrogens with zero attached hydrogens (tertiary/aromatic N) is 3. The van der Waals surface area contributed by atoms with Crippen molar-refractivity contribution in [1.82, 2.24) is 25.7 Å². The third kappa shape index (κ3) is 1.48. The molecule has 1 fully saturated rings. The Morgan fingerprint density at radius 3 is 3.00 bits per heavy atom. The molecule has 3 rings (SSSR count). The fourth-order valence-electron chi connectivity index (χ4n) is 2.21. The van der Waals surface area contributed by atoms with Crippen LogP contribution in [0.4, 0.5) is 0 Å². The standard InChI is InChI=1S/C10H13N5/c1-4-11-5-2-7(1)9-8-3-6-12-14-10(8)15-13-9/h3,6-7,11H,1-2,4-5H2,(H,13,14,15). The highest BCUT2D eigenvalue weighted by Gasteiger charge is 2.19. The molecule has 2 N–H and O–H groups in total. The molecule has 0 amide bonds. The van der Waals surface area contributed by atoms with Crippen molar-refractivity contribution in [1.29, 1.82) is 0 Å². The molecule has 0 spiro atoms. The van der Waals surface area contributed by atoms with Crippen LogP contribution >= 0.6 is 0 Å². The second-order valence-corrected chi connectivity index (χ2v) is 3.93. The Bertz CT molecular complexity index is 458. The van der Waals surface area contributed by atoms with E-state index in [0.29, 0.717) is 5.92 Å². The van der Waals surface area contributed by atoms with Gasteiger partial charge in [0.2, 0.25) is 5.65 Å². The molecule has 15 heavy (non-hydrogen) atoms. The molecule has 2 aromatic heterocycles. The maximum Gasteiger partial charge on any atom is 0.203 e. The first kappa shape index (κ1) is 8.79. The minimum atomic E-state index is 0.584. The Morgan fingerprint density at radius 2 is 2.13 bits per heavy atom. The molecule has 0 radical (unpaired) electrons. The van der Waals surface area contributed by atoms with Gasteiger partial charge in [0.1, 0.15) is 0 Å². The predicted molar refractivity (Wildman–Crippen MR) is 56.5 cm³/mol. The average molecular weight is 203 g/mol. The summed E-state index contributed by atoms with van der Waals surface area (Å²) in [6, 6.07) is 1.99. The van der Waals surface area contributed by atoms with E-state index in [2.05, 4.69) is 25.7 Å². The molecule has 5 nitrogen and oxygen atoms in total. The molecule has 0 aromatic carbocycles. The Labute approximate surface area is 87.3 Å². The van der Waals surface area contributed by atoms with Gasteiger partial charge in [-0.05, 0) is 32.0 Å². The molecule has 1 saturated heterocycles. The van der Waals surface area contributed by atoms with Gasteiger partial charge >= 0.3 is 0 Å². The first-order valence-electron chi connectivity index (χ1n) is 5.31. The minimum absolute atomic E-state index is 0.584. The highest BCUT2D eigenvalue weighted by molar-refractivity contribution is 5.77. The molecular formula is C10H13N5. The summed E-state index contributed by atoms with van der Waals surface area (Å²) in [7, 11) is 0. The zero-order valence-electron chi connectivity index (χ0n) is 8.40. The second kappa shape index (κ2) is 3.58. The van der Waals surface area contributed by atoms with Gasteiger partial charge in [-0.15, -0.1) is 5.10 Å². The zero-order chi connectivity index (χ0) is 10.1. The largest absolute Gasteiger partial charge is 0.317 e. The van der Waals surface area contributed by atoms with Gasteiger partial charge in [-0.25, -0.2) is 0 Å². The lowest BCUT2D eigenvalue weighted by Crippen LogP contribution is -2.26. The van der Waals surface area contributed by atoms with Gasteiger partial charge in [-0.1, -0.05) is 0 Å². The minimum Gasteiger partial charge on any atom is -0.317 e. The SMILES string of the molecule is c1cc2c(C3CCNCC3)[nH]nc2nn1. The Kier molecular flexibility index (Phi) is 2.10. The molecule has 2 aromatic rings. The predicted octanol–water partition coefficient (Wildman–Crippen LogP) is 0.820. The van der Waals surface area contributed by atoms with Crippen LogP contribution in [-0.2, 0) is 0 Å². The van der Waals surface area contributed by atoms with Crippen LogP contribution in [-0.4, -0.2) is 33.5 Å². The summed E-state index contributed by atoms with van der Waals surface area (Å²) >= 11 is 0. The van der Waals surface area contributed by atoms with Crippen molar-refractivity contribution >= 4 is 11.0 Å². The Balaban J connectivity index is 2.02. The van der Waals surface area contributed by atoms with Crippen molar-refractivity contribution in [3.05, 3.63) is 18.0 Å². The molecule has 0 bridgehead atoms. The number of aromatic nitrogens is 4.